The van der Waals surface area contributed by atoms with Crippen LogP contribution in [0.5, 0.6) is 0 Å². The van der Waals surface area contributed by atoms with Gasteiger partial charge in [-0.15, -0.1) is 0 Å². The molecule has 1 saturated carbocycles. The Morgan fingerprint density at radius 3 is 2.44 bits per heavy atom. The molecule has 0 unspecified atom stereocenters. The quantitative estimate of drug-likeness (QED) is 0.815. The van der Waals surface area contributed by atoms with Crippen molar-refractivity contribution in [3.63, 3.8) is 0 Å². The van der Waals surface area contributed by atoms with Crippen molar-refractivity contribution in [1.29, 1.82) is 0 Å². The number of carbonyl (C=O) groups excluding carboxylic acids is 1. The molecule has 3 nitrogen and oxygen atoms in total. The van der Waals surface area contributed by atoms with E-state index in [1.165, 1.54) is 32.1 Å². The number of nitrogens with one attached hydrogen (secondary N) is 1. The number of hydrogen-bond donors (Lipinski definition) is 1. The Bertz CT molecular complexity index is 253. The third kappa shape index (κ3) is 3.98. The first-order valence-corrected chi connectivity index (χ1v) is 7.80. The first kappa shape index (κ1) is 13.9. The number of amides is 1. The highest BCUT2D eigenvalue weighted by Gasteiger charge is 2.25. The number of piperidine rings is 1. The van der Waals surface area contributed by atoms with Crippen molar-refractivity contribution in [1.82, 2.24) is 10.2 Å². The van der Waals surface area contributed by atoms with Crippen LogP contribution < -0.4 is 5.32 Å². The Morgan fingerprint density at radius 1 is 1.17 bits per heavy atom. The van der Waals surface area contributed by atoms with Crippen LogP contribution >= 0.6 is 0 Å². The standard InChI is InChI=1S/C15H28N2O/c1-2-9-16-14-7-10-17(11-8-14)15(18)12-13-5-3-4-6-13/h13-14,16H,2-12H2,1H3. The van der Waals surface area contributed by atoms with Gasteiger partial charge in [-0.3, -0.25) is 4.79 Å². The van der Waals surface area contributed by atoms with Crippen molar-refractivity contribution in [2.45, 2.75) is 64.3 Å². The summed E-state index contributed by atoms with van der Waals surface area (Å²) in [5.74, 6) is 1.10. The molecule has 0 bridgehead atoms. The van der Waals surface area contributed by atoms with Gasteiger partial charge in [-0.25, -0.2) is 0 Å². The second-order valence-corrected chi connectivity index (χ2v) is 5.96. The van der Waals surface area contributed by atoms with Gasteiger partial charge in [-0.1, -0.05) is 19.8 Å². The molecule has 0 aromatic heterocycles. The third-order valence-corrected chi connectivity index (χ3v) is 4.47. The molecule has 0 spiro atoms. The molecule has 2 aliphatic rings. The summed E-state index contributed by atoms with van der Waals surface area (Å²) in [4.78, 5) is 14.3. The van der Waals surface area contributed by atoms with Gasteiger partial charge in [-0.2, -0.15) is 0 Å². The van der Waals surface area contributed by atoms with E-state index in [4.69, 9.17) is 0 Å². The molecule has 18 heavy (non-hydrogen) atoms. The normalized spacial score (nSPS) is 22.6. The zero-order chi connectivity index (χ0) is 12.8. The molecular formula is C15H28N2O. The highest BCUT2D eigenvalue weighted by Crippen LogP contribution is 2.28. The van der Waals surface area contributed by atoms with Crippen molar-refractivity contribution in [2.75, 3.05) is 19.6 Å². The van der Waals surface area contributed by atoms with E-state index in [9.17, 15) is 4.79 Å². The summed E-state index contributed by atoms with van der Waals surface area (Å²) < 4.78 is 0. The van der Waals surface area contributed by atoms with Crippen molar-refractivity contribution < 1.29 is 4.79 Å². The highest BCUT2D eigenvalue weighted by molar-refractivity contribution is 5.76. The van der Waals surface area contributed by atoms with Gasteiger partial charge in [0.2, 0.25) is 5.91 Å². The van der Waals surface area contributed by atoms with Gasteiger partial charge in [-0.05, 0) is 44.6 Å². The van der Waals surface area contributed by atoms with Gasteiger partial charge >= 0.3 is 0 Å². The molecule has 1 N–H and O–H groups in total. The van der Waals surface area contributed by atoms with Gasteiger partial charge in [0, 0.05) is 25.6 Å². The second kappa shape index (κ2) is 7.13. The lowest BCUT2D eigenvalue weighted by atomic mass is 10.0. The summed E-state index contributed by atoms with van der Waals surface area (Å²) in [5, 5.41) is 3.57. The fourth-order valence-electron chi connectivity index (χ4n) is 3.27. The molecule has 1 heterocycles. The Labute approximate surface area is 111 Å². The van der Waals surface area contributed by atoms with E-state index in [1.807, 2.05) is 0 Å². The average molecular weight is 252 g/mol. The van der Waals surface area contributed by atoms with Gasteiger partial charge in [0.25, 0.3) is 0 Å². The first-order valence-electron chi connectivity index (χ1n) is 7.80. The molecule has 1 saturated heterocycles. The Hall–Kier alpha value is -0.570. The zero-order valence-corrected chi connectivity index (χ0v) is 11.8. The smallest absolute Gasteiger partial charge is 0.222 e. The Balaban J connectivity index is 1.66. The minimum absolute atomic E-state index is 0.413. The Kier molecular flexibility index (Phi) is 5.48. The molecule has 1 aliphatic heterocycles. The molecule has 3 heteroatoms. The molecule has 2 rings (SSSR count). The van der Waals surface area contributed by atoms with Gasteiger partial charge in [0.05, 0.1) is 0 Å². The summed E-state index contributed by atoms with van der Waals surface area (Å²) in [6.07, 6.45) is 9.50. The van der Waals surface area contributed by atoms with E-state index in [-0.39, 0.29) is 0 Å². The zero-order valence-electron chi connectivity index (χ0n) is 11.8. The van der Waals surface area contributed by atoms with Crippen LogP contribution in [0.2, 0.25) is 0 Å². The van der Waals surface area contributed by atoms with Gasteiger partial charge in [0.1, 0.15) is 0 Å². The van der Waals surface area contributed by atoms with Gasteiger partial charge in [0.15, 0.2) is 0 Å². The summed E-state index contributed by atoms with van der Waals surface area (Å²) in [6.45, 7) is 5.24. The third-order valence-electron chi connectivity index (χ3n) is 4.47. The van der Waals surface area contributed by atoms with Crippen molar-refractivity contribution in [2.24, 2.45) is 5.92 Å². The molecule has 1 amide bonds. The summed E-state index contributed by atoms with van der Waals surface area (Å²) >= 11 is 0. The highest BCUT2D eigenvalue weighted by atomic mass is 16.2. The fraction of sp³-hybridized carbons (Fsp3) is 0.933. The molecular weight excluding hydrogens is 224 g/mol. The predicted octanol–water partition coefficient (Wildman–Crippen LogP) is 2.56. The number of rotatable bonds is 5. The van der Waals surface area contributed by atoms with Gasteiger partial charge < -0.3 is 10.2 Å². The molecule has 0 radical (unpaired) electrons. The number of likely N-dealkylation sites (tertiary alicyclic amines) is 1. The van der Waals surface area contributed by atoms with E-state index >= 15 is 0 Å². The maximum Gasteiger partial charge on any atom is 0.222 e. The lowest BCUT2D eigenvalue weighted by molar-refractivity contribution is -0.133. The van der Waals surface area contributed by atoms with Crippen LogP contribution in [-0.2, 0) is 4.79 Å². The monoisotopic (exact) mass is 252 g/mol. The summed E-state index contributed by atoms with van der Waals surface area (Å²) in [7, 11) is 0. The van der Waals surface area contributed by atoms with Crippen LogP contribution in [0.25, 0.3) is 0 Å². The Morgan fingerprint density at radius 2 is 1.83 bits per heavy atom. The van der Waals surface area contributed by atoms with Crippen LogP contribution in [0.1, 0.15) is 58.3 Å². The van der Waals surface area contributed by atoms with Crippen LogP contribution in [0.4, 0.5) is 0 Å². The predicted molar refractivity (Wildman–Crippen MR) is 74.5 cm³/mol. The minimum Gasteiger partial charge on any atom is -0.343 e. The second-order valence-electron chi connectivity index (χ2n) is 5.96. The van der Waals surface area contributed by atoms with Crippen LogP contribution in [0, 0.1) is 5.92 Å². The molecule has 0 aromatic carbocycles. The topological polar surface area (TPSA) is 32.3 Å². The van der Waals surface area contributed by atoms with Crippen molar-refractivity contribution in [3.8, 4) is 0 Å². The van der Waals surface area contributed by atoms with Crippen LogP contribution in [-0.4, -0.2) is 36.5 Å². The lowest BCUT2D eigenvalue weighted by Crippen LogP contribution is -2.45. The molecule has 0 aromatic rings. The van der Waals surface area contributed by atoms with Crippen molar-refractivity contribution >= 4 is 5.91 Å². The maximum atomic E-state index is 12.2. The first-order chi connectivity index (χ1) is 8.79. The van der Waals surface area contributed by atoms with E-state index in [2.05, 4.69) is 17.1 Å². The number of nitrogens with zero attached hydrogens (tertiary/aromatic N) is 1. The number of hydrogen-bond acceptors (Lipinski definition) is 2. The number of carbonyl (C=O) groups is 1. The van der Waals surface area contributed by atoms with E-state index in [0.29, 0.717) is 17.9 Å². The largest absolute Gasteiger partial charge is 0.343 e. The summed E-state index contributed by atoms with van der Waals surface area (Å²) in [6, 6.07) is 0.639. The van der Waals surface area contributed by atoms with E-state index in [0.717, 1.165) is 38.9 Å². The fourth-order valence-corrected chi connectivity index (χ4v) is 3.27. The summed E-state index contributed by atoms with van der Waals surface area (Å²) in [5.41, 5.74) is 0. The molecule has 0 atom stereocenters. The minimum atomic E-state index is 0.413. The van der Waals surface area contributed by atoms with Crippen LogP contribution in [0.15, 0.2) is 0 Å². The molecule has 2 fully saturated rings. The molecule has 104 valence electrons. The van der Waals surface area contributed by atoms with Crippen molar-refractivity contribution in [3.05, 3.63) is 0 Å². The lowest BCUT2D eigenvalue weighted by Gasteiger charge is -2.33. The average Bonchev–Trinajstić information content (AvgIpc) is 2.89. The van der Waals surface area contributed by atoms with E-state index < -0.39 is 0 Å². The van der Waals surface area contributed by atoms with Crippen LogP contribution in [0.3, 0.4) is 0 Å². The van der Waals surface area contributed by atoms with E-state index in [1.54, 1.807) is 0 Å². The SMILES string of the molecule is CCCNC1CCN(C(=O)CC2CCCC2)CC1. The molecule has 1 aliphatic carbocycles. The maximum absolute atomic E-state index is 12.2.